The lowest BCUT2D eigenvalue weighted by Gasteiger charge is -2.09. The van der Waals surface area contributed by atoms with E-state index in [1.165, 1.54) is 0 Å². The zero-order chi connectivity index (χ0) is 21.9. The summed E-state index contributed by atoms with van der Waals surface area (Å²) >= 11 is 6.01. The van der Waals surface area contributed by atoms with Crippen LogP contribution in [0, 0.1) is 6.92 Å². The second-order valence-corrected chi connectivity index (χ2v) is 7.13. The topological polar surface area (TPSA) is 72.0 Å². The first-order valence-corrected chi connectivity index (χ1v) is 10.2. The van der Waals surface area contributed by atoms with Crippen molar-refractivity contribution in [2.75, 3.05) is 18.5 Å². The first-order valence-electron chi connectivity index (χ1n) is 9.87. The molecule has 0 unspecified atom stereocenters. The maximum atomic E-state index is 11.8. The summed E-state index contributed by atoms with van der Waals surface area (Å²) in [5.41, 5.74) is 4.96. The second kappa shape index (κ2) is 11.6. The van der Waals surface area contributed by atoms with Crippen LogP contribution in [-0.4, -0.2) is 25.5 Å². The van der Waals surface area contributed by atoms with Gasteiger partial charge in [0.25, 0.3) is 0 Å². The Balaban J connectivity index is 1.34. The van der Waals surface area contributed by atoms with Gasteiger partial charge < -0.3 is 14.8 Å². The maximum absolute atomic E-state index is 11.8. The number of halogens is 1. The first kappa shape index (κ1) is 22.2. The zero-order valence-electron chi connectivity index (χ0n) is 17.2. The van der Waals surface area contributed by atoms with Gasteiger partial charge in [0.1, 0.15) is 11.5 Å². The summed E-state index contributed by atoms with van der Waals surface area (Å²) < 4.78 is 11.4. The van der Waals surface area contributed by atoms with E-state index in [2.05, 4.69) is 15.8 Å². The van der Waals surface area contributed by atoms with Crippen molar-refractivity contribution in [3.8, 4) is 11.5 Å². The van der Waals surface area contributed by atoms with Gasteiger partial charge in [-0.3, -0.25) is 0 Å². The van der Waals surface area contributed by atoms with Crippen LogP contribution in [0.25, 0.3) is 0 Å². The van der Waals surface area contributed by atoms with E-state index in [9.17, 15) is 4.79 Å². The number of aryl methyl sites for hydroxylation is 1. The summed E-state index contributed by atoms with van der Waals surface area (Å²) in [6, 6.07) is 21.8. The van der Waals surface area contributed by atoms with Gasteiger partial charge in [0.2, 0.25) is 0 Å². The van der Waals surface area contributed by atoms with E-state index in [1.807, 2.05) is 67.6 Å². The lowest BCUT2D eigenvalue weighted by Crippen LogP contribution is -2.24. The monoisotopic (exact) mass is 437 g/mol. The molecule has 0 bridgehead atoms. The van der Waals surface area contributed by atoms with Gasteiger partial charge in [-0.25, -0.2) is 10.2 Å². The molecule has 2 amide bonds. The number of urea groups is 1. The van der Waals surface area contributed by atoms with Crippen LogP contribution in [0.2, 0.25) is 5.02 Å². The molecule has 0 atom stereocenters. The highest BCUT2D eigenvalue weighted by molar-refractivity contribution is 6.31. The molecule has 3 aromatic carbocycles. The van der Waals surface area contributed by atoms with Crippen LogP contribution >= 0.6 is 11.6 Å². The summed E-state index contributed by atoms with van der Waals surface area (Å²) in [5, 5.41) is 7.36. The number of amides is 2. The number of hydrogen-bond acceptors (Lipinski definition) is 4. The molecule has 2 N–H and O–H groups in total. The fraction of sp³-hybridized carbons (Fsp3) is 0.167. The number of carbonyl (C=O) groups excluding carboxylic acids is 1. The number of nitrogens with one attached hydrogen (secondary N) is 2. The summed E-state index contributed by atoms with van der Waals surface area (Å²) in [6.07, 6.45) is 2.32. The van der Waals surface area contributed by atoms with E-state index in [-0.39, 0.29) is 0 Å². The Labute approximate surface area is 186 Å². The van der Waals surface area contributed by atoms with Crippen LogP contribution in [0.4, 0.5) is 10.5 Å². The third-order valence-corrected chi connectivity index (χ3v) is 4.67. The van der Waals surface area contributed by atoms with E-state index in [0.717, 1.165) is 34.1 Å². The molecule has 0 aromatic heterocycles. The Morgan fingerprint density at radius 2 is 1.65 bits per heavy atom. The maximum Gasteiger partial charge on any atom is 0.339 e. The Morgan fingerprint density at radius 1 is 0.968 bits per heavy atom. The highest BCUT2D eigenvalue weighted by Gasteiger charge is 2.00. The van der Waals surface area contributed by atoms with E-state index < -0.39 is 6.03 Å². The first-order chi connectivity index (χ1) is 15.1. The number of anilines is 1. The van der Waals surface area contributed by atoms with Crippen molar-refractivity contribution >= 4 is 29.5 Å². The highest BCUT2D eigenvalue weighted by Crippen LogP contribution is 2.21. The molecule has 0 aliphatic heterocycles. The Bertz CT molecular complexity index is 1010. The van der Waals surface area contributed by atoms with E-state index in [4.69, 9.17) is 21.1 Å². The molecule has 7 heteroatoms. The molecule has 0 aliphatic carbocycles. The predicted octanol–water partition coefficient (Wildman–Crippen LogP) is 5.65. The average molecular weight is 438 g/mol. The molecular weight excluding hydrogens is 414 g/mol. The fourth-order valence-corrected chi connectivity index (χ4v) is 2.76. The highest BCUT2D eigenvalue weighted by atomic mass is 35.5. The molecular formula is C24H24ClN3O3. The molecule has 0 saturated heterocycles. The Morgan fingerprint density at radius 3 is 2.35 bits per heavy atom. The zero-order valence-corrected chi connectivity index (χ0v) is 17.9. The number of para-hydroxylation sites is 1. The molecule has 0 aliphatic rings. The average Bonchev–Trinajstić information content (AvgIpc) is 2.77. The van der Waals surface area contributed by atoms with Crippen LogP contribution in [-0.2, 0) is 0 Å². The predicted molar refractivity (Wildman–Crippen MR) is 124 cm³/mol. The Kier molecular flexibility index (Phi) is 8.31. The molecule has 0 spiro atoms. The number of hydrazone groups is 1. The number of carbonyl (C=O) groups is 1. The molecule has 3 rings (SSSR count). The molecule has 0 radical (unpaired) electrons. The normalized spacial score (nSPS) is 10.6. The van der Waals surface area contributed by atoms with Gasteiger partial charge in [-0.15, -0.1) is 0 Å². The molecule has 3 aromatic rings. The lowest BCUT2D eigenvalue weighted by atomic mass is 10.2. The third kappa shape index (κ3) is 7.68. The molecule has 160 valence electrons. The SMILES string of the molecule is Cc1cc(OCCCOc2ccc(C=NNC(=O)Nc3ccccc3)cc2)ccc1Cl. The quantitative estimate of drug-likeness (QED) is 0.258. The molecule has 0 saturated carbocycles. The summed E-state index contributed by atoms with van der Waals surface area (Å²) in [7, 11) is 0. The van der Waals surface area contributed by atoms with Crippen LogP contribution in [0.1, 0.15) is 17.5 Å². The van der Waals surface area contributed by atoms with E-state index in [1.54, 1.807) is 18.3 Å². The van der Waals surface area contributed by atoms with Crippen LogP contribution < -0.4 is 20.2 Å². The Hall–Kier alpha value is -3.51. The van der Waals surface area contributed by atoms with Gasteiger partial charge in [-0.1, -0.05) is 29.8 Å². The molecule has 6 nitrogen and oxygen atoms in total. The van der Waals surface area contributed by atoms with Gasteiger partial charge in [0.15, 0.2) is 0 Å². The molecule has 0 fully saturated rings. The van der Waals surface area contributed by atoms with Crippen molar-refractivity contribution in [3.05, 3.63) is 88.9 Å². The van der Waals surface area contributed by atoms with Crippen LogP contribution in [0.3, 0.4) is 0 Å². The van der Waals surface area contributed by atoms with Crippen molar-refractivity contribution in [2.24, 2.45) is 5.10 Å². The van der Waals surface area contributed by atoms with E-state index >= 15 is 0 Å². The molecule has 31 heavy (non-hydrogen) atoms. The lowest BCUT2D eigenvalue weighted by molar-refractivity contribution is 0.247. The number of benzene rings is 3. The summed E-state index contributed by atoms with van der Waals surface area (Å²) in [4.78, 5) is 11.8. The van der Waals surface area contributed by atoms with Crippen molar-refractivity contribution < 1.29 is 14.3 Å². The van der Waals surface area contributed by atoms with Gasteiger partial charge in [0, 0.05) is 17.1 Å². The van der Waals surface area contributed by atoms with Crippen LogP contribution in [0.5, 0.6) is 11.5 Å². The number of nitrogens with zero attached hydrogens (tertiary/aromatic N) is 1. The fourth-order valence-electron chi connectivity index (χ4n) is 2.64. The number of rotatable bonds is 9. The standard InChI is InChI=1S/C24H24ClN3O3/c1-18-16-22(12-13-23(18)25)31-15-5-14-30-21-10-8-19(9-11-21)17-26-28-24(29)27-20-6-3-2-4-7-20/h2-4,6-13,16-17H,5,14-15H2,1H3,(H2,27,28,29). The van der Waals surface area contributed by atoms with Crippen LogP contribution in [0.15, 0.2) is 77.9 Å². The van der Waals surface area contributed by atoms with Gasteiger partial charge >= 0.3 is 6.03 Å². The van der Waals surface area contributed by atoms with Gasteiger partial charge in [-0.2, -0.15) is 5.10 Å². The minimum Gasteiger partial charge on any atom is -0.493 e. The largest absolute Gasteiger partial charge is 0.493 e. The smallest absolute Gasteiger partial charge is 0.339 e. The minimum atomic E-state index is -0.404. The second-order valence-electron chi connectivity index (χ2n) is 6.72. The van der Waals surface area contributed by atoms with Gasteiger partial charge in [-0.05, 0) is 72.6 Å². The van der Waals surface area contributed by atoms with Gasteiger partial charge in [0.05, 0.1) is 19.4 Å². The number of hydrogen-bond donors (Lipinski definition) is 2. The van der Waals surface area contributed by atoms with Crippen molar-refractivity contribution in [2.45, 2.75) is 13.3 Å². The van der Waals surface area contributed by atoms with E-state index in [0.29, 0.717) is 18.9 Å². The number of ether oxygens (including phenoxy) is 2. The van der Waals surface area contributed by atoms with Crippen molar-refractivity contribution in [1.82, 2.24) is 5.43 Å². The molecule has 0 heterocycles. The van der Waals surface area contributed by atoms with Crippen molar-refractivity contribution in [3.63, 3.8) is 0 Å². The summed E-state index contributed by atoms with van der Waals surface area (Å²) in [6.45, 7) is 3.05. The summed E-state index contributed by atoms with van der Waals surface area (Å²) in [5.74, 6) is 1.56. The third-order valence-electron chi connectivity index (χ3n) is 4.25. The van der Waals surface area contributed by atoms with Crippen molar-refractivity contribution in [1.29, 1.82) is 0 Å². The minimum absolute atomic E-state index is 0.404.